The van der Waals surface area contributed by atoms with E-state index in [1.165, 1.54) is 12.8 Å². The molecule has 4 nitrogen and oxygen atoms in total. The number of carbonyl (C=O) groups is 1. The molecule has 106 valence electrons. The summed E-state index contributed by atoms with van der Waals surface area (Å²) in [6.07, 6.45) is 3.50. The molecule has 1 fully saturated rings. The molecule has 0 aromatic rings. The van der Waals surface area contributed by atoms with Gasteiger partial charge in [0.05, 0.1) is 0 Å². The number of carbonyl (C=O) groups excluding carboxylic acids is 1. The molecule has 18 heavy (non-hydrogen) atoms. The number of urea groups is 1. The van der Waals surface area contributed by atoms with E-state index >= 15 is 0 Å². The van der Waals surface area contributed by atoms with Crippen LogP contribution in [0.5, 0.6) is 0 Å². The summed E-state index contributed by atoms with van der Waals surface area (Å²) in [6, 6.07) is 0.966. The Balaban J connectivity index is 2.60. The molecule has 0 aromatic heterocycles. The molecule has 2 N–H and O–H groups in total. The highest BCUT2D eigenvalue weighted by atomic mass is 16.2. The van der Waals surface area contributed by atoms with Crippen LogP contribution in [0.4, 0.5) is 4.79 Å². The molecule has 1 saturated heterocycles. The van der Waals surface area contributed by atoms with Gasteiger partial charge < -0.3 is 15.5 Å². The predicted octanol–water partition coefficient (Wildman–Crippen LogP) is 2.20. The number of nitrogens with one attached hydrogen (secondary N) is 2. The lowest BCUT2D eigenvalue weighted by Gasteiger charge is -2.31. The minimum Gasteiger partial charge on any atom is -0.336 e. The molecule has 1 aliphatic heterocycles. The van der Waals surface area contributed by atoms with Crippen LogP contribution in [0, 0.1) is 5.92 Å². The summed E-state index contributed by atoms with van der Waals surface area (Å²) in [4.78, 5) is 13.8. The van der Waals surface area contributed by atoms with Crippen LogP contribution >= 0.6 is 0 Å². The van der Waals surface area contributed by atoms with Crippen molar-refractivity contribution in [3.05, 3.63) is 0 Å². The molecule has 4 heteroatoms. The highest BCUT2D eigenvalue weighted by Gasteiger charge is 2.30. The third-order valence-electron chi connectivity index (χ3n) is 3.93. The van der Waals surface area contributed by atoms with E-state index in [2.05, 4.69) is 38.3 Å². The van der Waals surface area contributed by atoms with E-state index in [1.807, 2.05) is 4.90 Å². The maximum atomic E-state index is 11.8. The van der Waals surface area contributed by atoms with Crippen molar-refractivity contribution in [2.75, 3.05) is 19.6 Å². The van der Waals surface area contributed by atoms with Crippen molar-refractivity contribution in [3.63, 3.8) is 0 Å². The molecule has 0 radical (unpaired) electrons. The van der Waals surface area contributed by atoms with Crippen molar-refractivity contribution in [1.82, 2.24) is 15.5 Å². The van der Waals surface area contributed by atoms with Gasteiger partial charge in [0.25, 0.3) is 0 Å². The second kappa shape index (κ2) is 7.62. The summed E-state index contributed by atoms with van der Waals surface area (Å²) in [6.45, 7) is 11.4. The van der Waals surface area contributed by atoms with Crippen molar-refractivity contribution in [2.45, 2.75) is 59.0 Å². The Kier molecular flexibility index (Phi) is 6.47. The normalized spacial score (nSPS) is 23.0. The average molecular weight is 255 g/mol. The van der Waals surface area contributed by atoms with Crippen molar-refractivity contribution in [2.24, 2.45) is 5.92 Å². The Morgan fingerprint density at radius 3 is 2.61 bits per heavy atom. The largest absolute Gasteiger partial charge is 0.336 e. The van der Waals surface area contributed by atoms with E-state index in [-0.39, 0.29) is 6.03 Å². The van der Waals surface area contributed by atoms with Crippen LogP contribution in [0.15, 0.2) is 0 Å². The van der Waals surface area contributed by atoms with E-state index in [0.29, 0.717) is 18.0 Å². The van der Waals surface area contributed by atoms with E-state index < -0.39 is 0 Å². The van der Waals surface area contributed by atoms with Gasteiger partial charge in [-0.05, 0) is 25.8 Å². The highest BCUT2D eigenvalue weighted by Crippen LogP contribution is 2.18. The van der Waals surface area contributed by atoms with Gasteiger partial charge in [0.15, 0.2) is 0 Å². The Bertz CT molecular complexity index is 251. The molecule has 0 aromatic carbocycles. The fourth-order valence-corrected chi connectivity index (χ4v) is 2.78. The van der Waals surface area contributed by atoms with Gasteiger partial charge >= 0.3 is 6.03 Å². The third-order valence-corrected chi connectivity index (χ3v) is 3.93. The van der Waals surface area contributed by atoms with Crippen molar-refractivity contribution >= 4 is 6.03 Å². The lowest BCUT2D eigenvalue weighted by atomic mass is 9.92. The van der Waals surface area contributed by atoms with Crippen LogP contribution in [0.1, 0.15) is 47.0 Å². The zero-order valence-electron chi connectivity index (χ0n) is 12.3. The summed E-state index contributed by atoms with van der Waals surface area (Å²) in [5.74, 6) is 0.552. The Morgan fingerprint density at radius 2 is 2.17 bits per heavy atom. The zero-order valence-corrected chi connectivity index (χ0v) is 12.3. The first-order valence-electron chi connectivity index (χ1n) is 7.41. The van der Waals surface area contributed by atoms with Crippen molar-refractivity contribution in [3.8, 4) is 0 Å². The molecular weight excluding hydrogens is 226 g/mol. The maximum absolute atomic E-state index is 11.8. The predicted molar refractivity (Wildman–Crippen MR) is 75.7 cm³/mol. The summed E-state index contributed by atoms with van der Waals surface area (Å²) in [7, 11) is 0. The van der Waals surface area contributed by atoms with Gasteiger partial charge in [0, 0.05) is 25.2 Å². The van der Waals surface area contributed by atoms with Crippen LogP contribution in [0.25, 0.3) is 0 Å². The molecule has 1 rings (SSSR count). The maximum Gasteiger partial charge on any atom is 0.317 e. The molecule has 1 aliphatic rings. The Labute approximate surface area is 111 Å². The second-order valence-electron chi connectivity index (χ2n) is 5.31. The van der Waals surface area contributed by atoms with Gasteiger partial charge in [-0.3, -0.25) is 0 Å². The lowest BCUT2D eigenvalue weighted by Crippen LogP contribution is -2.44. The molecule has 3 unspecified atom stereocenters. The quantitative estimate of drug-likeness (QED) is 0.698. The fourth-order valence-electron chi connectivity index (χ4n) is 2.78. The summed E-state index contributed by atoms with van der Waals surface area (Å²) >= 11 is 0. The minimum absolute atomic E-state index is 0.104. The van der Waals surface area contributed by atoms with Gasteiger partial charge in [-0.25, -0.2) is 4.79 Å². The van der Waals surface area contributed by atoms with Crippen molar-refractivity contribution < 1.29 is 4.79 Å². The third kappa shape index (κ3) is 3.87. The molecule has 2 amide bonds. The molecule has 3 atom stereocenters. The second-order valence-corrected chi connectivity index (χ2v) is 5.31. The van der Waals surface area contributed by atoms with Gasteiger partial charge in [0.1, 0.15) is 0 Å². The summed E-state index contributed by atoms with van der Waals surface area (Å²) < 4.78 is 0. The average Bonchev–Trinajstić information content (AvgIpc) is 2.66. The van der Waals surface area contributed by atoms with Gasteiger partial charge in [-0.2, -0.15) is 0 Å². The minimum atomic E-state index is 0.104. The van der Waals surface area contributed by atoms with E-state index in [9.17, 15) is 4.79 Å². The van der Waals surface area contributed by atoms with Crippen LogP contribution in [-0.2, 0) is 0 Å². The van der Waals surface area contributed by atoms with Crippen LogP contribution in [0.3, 0.4) is 0 Å². The first kappa shape index (κ1) is 15.3. The van der Waals surface area contributed by atoms with Crippen LogP contribution in [0.2, 0.25) is 0 Å². The van der Waals surface area contributed by atoms with E-state index in [4.69, 9.17) is 0 Å². The standard InChI is InChI=1S/C14H29N3O/c1-5-8-13(15-7-3)12(6-2)10-17-11(4)9-16-14(17)18/h11-13,15H,5-10H2,1-4H3,(H,16,18). The number of nitrogens with zero attached hydrogens (tertiary/aromatic N) is 1. The topological polar surface area (TPSA) is 44.4 Å². The SMILES string of the molecule is CCCC(NCC)C(CC)CN1C(=O)NCC1C. The Hall–Kier alpha value is -0.770. The summed E-state index contributed by atoms with van der Waals surface area (Å²) in [5, 5.41) is 6.50. The highest BCUT2D eigenvalue weighted by molar-refractivity contribution is 5.76. The lowest BCUT2D eigenvalue weighted by molar-refractivity contribution is 0.180. The fraction of sp³-hybridized carbons (Fsp3) is 0.929. The van der Waals surface area contributed by atoms with E-state index in [0.717, 1.165) is 26.1 Å². The molecule has 0 saturated carbocycles. The van der Waals surface area contributed by atoms with Crippen molar-refractivity contribution in [1.29, 1.82) is 0 Å². The first-order valence-corrected chi connectivity index (χ1v) is 7.41. The molecule has 0 bridgehead atoms. The number of amides is 2. The summed E-state index contributed by atoms with van der Waals surface area (Å²) in [5.41, 5.74) is 0. The van der Waals surface area contributed by atoms with Crippen LogP contribution in [-0.4, -0.2) is 42.6 Å². The first-order chi connectivity index (χ1) is 8.63. The number of hydrogen-bond donors (Lipinski definition) is 2. The van der Waals surface area contributed by atoms with E-state index in [1.54, 1.807) is 0 Å². The van der Waals surface area contributed by atoms with Gasteiger partial charge in [-0.1, -0.05) is 33.6 Å². The van der Waals surface area contributed by atoms with Crippen LogP contribution < -0.4 is 10.6 Å². The number of rotatable bonds is 8. The Morgan fingerprint density at radius 1 is 1.44 bits per heavy atom. The molecule has 0 spiro atoms. The monoisotopic (exact) mass is 255 g/mol. The zero-order chi connectivity index (χ0) is 13.5. The molecule has 1 heterocycles. The smallest absolute Gasteiger partial charge is 0.317 e. The van der Waals surface area contributed by atoms with Gasteiger partial charge in [-0.15, -0.1) is 0 Å². The van der Waals surface area contributed by atoms with Gasteiger partial charge in [0.2, 0.25) is 0 Å². The molecular formula is C14H29N3O. The number of hydrogen-bond acceptors (Lipinski definition) is 2. The molecule has 0 aliphatic carbocycles.